The second kappa shape index (κ2) is 8.47. The van der Waals surface area contributed by atoms with E-state index in [0.717, 1.165) is 7.07 Å². The first-order valence-corrected chi connectivity index (χ1v) is 6.27. The number of aliphatic imine (C=N–C) groups is 1. The monoisotopic (exact) mass is 350 g/mol. The molecule has 1 heterocycles. The second-order valence-electron chi connectivity index (χ2n) is 4.05. The molecular formula is C10H9B2FN6O6. The van der Waals surface area contributed by atoms with Crippen LogP contribution >= 0.6 is 0 Å². The third-order valence-corrected chi connectivity index (χ3v) is 2.33. The van der Waals surface area contributed by atoms with Gasteiger partial charge in [0.05, 0.1) is 0 Å². The molecule has 0 aliphatic heterocycles. The molecular weight excluding hydrogens is 341 g/mol. The van der Waals surface area contributed by atoms with Crippen LogP contribution in [-0.4, -0.2) is 47.9 Å². The summed E-state index contributed by atoms with van der Waals surface area (Å²) in [4.78, 5) is 53.7. The van der Waals surface area contributed by atoms with E-state index in [9.17, 15) is 23.6 Å². The molecule has 0 aromatic carbocycles. The van der Waals surface area contributed by atoms with Gasteiger partial charge in [0.1, 0.15) is 0 Å². The topological polar surface area (TPSA) is 171 Å². The zero-order valence-electron chi connectivity index (χ0n) is 12.6. The Morgan fingerprint density at radius 1 is 1.48 bits per heavy atom. The van der Waals surface area contributed by atoms with Gasteiger partial charge in [0.25, 0.3) is 0 Å². The van der Waals surface area contributed by atoms with Crippen molar-refractivity contribution in [1.29, 1.82) is 5.41 Å². The van der Waals surface area contributed by atoms with Crippen molar-refractivity contribution in [3.05, 3.63) is 32.9 Å². The number of halogens is 1. The normalized spacial score (nSPS) is 11.0. The van der Waals surface area contributed by atoms with E-state index in [4.69, 9.17) is 19.0 Å². The van der Waals surface area contributed by atoms with E-state index < -0.39 is 47.4 Å². The number of carbonyl (C=O) groups is 2. The number of nitrogens with one attached hydrogen (secondary N) is 1. The number of ether oxygens (including phenoxy) is 1. The van der Waals surface area contributed by atoms with Crippen LogP contribution in [0.4, 0.5) is 9.18 Å². The van der Waals surface area contributed by atoms with Gasteiger partial charge in [-0.05, 0) is 0 Å². The Hall–Kier alpha value is -3.38. The van der Waals surface area contributed by atoms with E-state index in [0.29, 0.717) is 6.20 Å². The summed E-state index contributed by atoms with van der Waals surface area (Å²) in [5, 5.41) is 9.87. The molecule has 0 aliphatic carbocycles. The molecule has 0 bridgehead atoms. The number of nitrogens with two attached hydrogens (primary N) is 1. The summed E-state index contributed by atoms with van der Waals surface area (Å²) < 4.78 is 18.2. The van der Waals surface area contributed by atoms with E-state index in [-0.39, 0.29) is 9.13 Å². The van der Waals surface area contributed by atoms with Crippen molar-refractivity contribution in [2.45, 2.75) is 13.4 Å². The van der Waals surface area contributed by atoms with E-state index in [1.54, 1.807) is 0 Å². The minimum atomic E-state index is -1.47. The fraction of sp³-hybridized carbons (Fsp3) is 0.200. The van der Waals surface area contributed by atoms with Crippen molar-refractivity contribution in [3.63, 3.8) is 0 Å². The molecule has 0 saturated heterocycles. The Morgan fingerprint density at radius 2 is 2.12 bits per heavy atom. The molecule has 0 saturated carbocycles. The van der Waals surface area contributed by atoms with Crippen LogP contribution in [0, 0.1) is 11.2 Å². The standard InChI is InChI=1S/C10H9B2FN6O6/c1-12-17-25-5(20)3-18-6(21)4(13)2-19(10(18)23)8(15)16-9(22)24-7(11)14/h2,14H,3H2,1H3,(H2,15,16,22). The summed E-state index contributed by atoms with van der Waals surface area (Å²) in [5.74, 6) is -4.50. The minimum absolute atomic E-state index is 0.154. The fourth-order valence-corrected chi connectivity index (χ4v) is 1.41. The van der Waals surface area contributed by atoms with Crippen LogP contribution in [-0.2, 0) is 20.9 Å². The molecule has 0 atom stereocenters. The Kier molecular flexibility index (Phi) is 6.66. The summed E-state index contributed by atoms with van der Waals surface area (Å²) in [6.07, 6.45) is -1.11. The average molecular weight is 350 g/mol. The maximum atomic E-state index is 13.7. The zero-order valence-corrected chi connectivity index (χ0v) is 12.6. The van der Waals surface area contributed by atoms with Crippen LogP contribution in [0.2, 0.25) is 6.82 Å². The third-order valence-electron chi connectivity index (χ3n) is 2.33. The quantitative estimate of drug-likeness (QED) is 0.273. The molecule has 12 nitrogen and oxygen atoms in total. The van der Waals surface area contributed by atoms with Crippen molar-refractivity contribution >= 4 is 38.7 Å². The van der Waals surface area contributed by atoms with Gasteiger partial charge in [-0.3, -0.25) is 5.41 Å². The summed E-state index contributed by atoms with van der Waals surface area (Å²) in [5.41, 5.74) is 2.63. The molecule has 1 amide bonds. The molecule has 1 rings (SSSR count). The SMILES string of the molecule is [B]C(=N)OC(=O)/N=C(/N)n1cc(F)c(=O)n(CC(=O)ON=BC)c1=O. The van der Waals surface area contributed by atoms with Crippen LogP contribution in [0.25, 0.3) is 0 Å². The van der Waals surface area contributed by atoms with Gasteiger partial charge in [-0.2, -0.15) is 0 Å². The van der Waals surface area contributed by atoms with Crippen LogP contribution in [0.1, 0.15) is 0 Å². The number of hydrogen-bond donors (Lipinski definition) is 2. The van der Waals surface area contributed by atoms with Gasteiger partial charge in [0.2, 0.25) is 0 Å². The first-order chi connectivity index (χ1) is 11.7. The number of nitrogens with zero attached hydrogens (tertiary/aromatic N) is 4. The number of amides is 1. The summed E-state index contributed by atoms with van der Waals surface area (Å²) >= 11 is 0. The molecule has 15 heteroatoms. The Balaban J connectivity index is 3.31. The fourth-order valence-electron chi connectivity index (χ4n) is 1.41. The van der Waals surface area contributed by atoms with Crippen LogP contribution in [0.15, 0.2) is 25.8 Å². The van der Waals surface area contributed by atoms with Gasteiger partial charge in [0, 0.05) is 0 Å². The molecule has 0 aliphatic rings. The molecule has 25 heavy (non-hydrogen) atoms. The van der Waals surface area contributed by atoms with Gasteiger partial charge in [-0.25, -0.2) is 0 Å². The Labute approximate surface area is 139 Å². The second-order valence-corrected chi connectivity index (χ2v) is 4.05. The maximum absolute atomic E-state index is 13.7. The van der Waals surface area contributed by atoms with Crippen molar-refractivity contribution in [2.75, 3.05) is 0 Å². The summed E-state index contributed by atoms with van der Waals surface area (Å²) in [6, 6.07) is 0. The zero-order chi connectivity index (χ0) is 19.1. The molecule has 2 radical (unpaired) electrons. The molecule has 0 spiro atoms. The molecule has 128 valence electrons. The number of rotatable bonds is 3. The Morgan fingerprint density at radius 3 is 2.68 bits per heavy atom. The van der Waals surface area contributed by atoms with Crippen molar-refractivity contribution in [3.8, 4) is 0 Å². The first-order valence-electron chi connectivity index (χ1n) is 6.27. The average Bonchev–Trinajstić information content (AvgIpc) is 2.51. The van der Waals surface area contributed by atoms with Crippen LogP contribution in [0.5, 0.6) is 0 Å². The molecule has 0 unspecified atom stereocenters. The Bertz CT molecular complexity index is 891. The van der Waals surface area contributed by atoms with Gasteiger partial charge in [-0.15, -0.1) is 0 Å². The van der Waals surface area contributed by atoms with Crippen molar-refractivity contribution < 1.29 is 23.6 Å². The predicted molar refractivity (Wildman–Crippen MR) is 82.0 cm³/mol. The van der Waals surface area contributed by atoms with Crippen molar-refractivity contribution in [2.24, 2.45) is 15.8 Å². The van der Waals surface area contributed by atoms with E-state index in [1.165, 1.54) is 6.82 Å². The number of carbonyl (C=O) groups excluding carboxylic acids is 2. The van der Waals surface area contributed by atoms with Crippen molar-refractivity contribution in [1.82, 2.24) is 9.13 Å². The molecule has 3 N–H and O–H groups in total. The van der Waals surface area contributed by atoms with Gasteiger partial charge < -0.3 is 0 Å². The first kappa shape index (κ1) is 19.7. The summed E-state index contributed by atoms with van der Waals surface area (Å²) in [6.45, 7) is 0.462. The van der Waals surface area contributed by atoms with E-state index >= 15 is 0 Å². The summed E-state index contributed by atoms with van der Waals surface area (Å²) in [7, 11) is 5.91. The van der Waals surface area contributed by atoms with E-state index in [2.05, 4.69) is 19.6 Å². The molecule has 1 aromatic rings. The predicted octanol–water partition coefficient (Wildman–Crippen LogP) is -2.05. The van der Waals surface area contributed by atoms with E-state index in [1.807, 2.05) is 0 Å². The van der Waals surface area contributed by atoms with Crippen LogP contribution < -0.4 is 17.0 Å². The molecule has 0 fully saturated rings. The van der Waals surface area contributed by atoms with Gasteiger partial charge in [-0.1, -0.05) is 0 Å². The van der Waals surface area contributed by atoms with Gasteiger partial charge >= 0.3 is 126 Å². The molecule has 1 aromatic heterocycles. The van der Waals surface area contributed by atoms with Crippen LogP contribution in [0.3, 0.4) is 0 Å². The van der Waals surface area contributed by atoms with Gasteiger partial charge in [0.15, 0.2) is 7.85 Å². The number of aromatic nitrogens is 2. The number of hydrogen-bond acceptors (Lipinski definition) is 8. The third kappa shape index (κ3) is 5.33.